The van der Waals surface area contributed by atoms with Crippen LogP contribution < -0.4 is 4.90 Å². The number of aromatic hydroxyl groups is 1. The number of anilines is 1. The highest BCUT2D eigenvalue weighted by Gasteiger charge is 2.56. The van der Waals surface area contributed by atoms with Gasteiger partial charge in [0.25, 0.3) is 0 Å². The van der Waals surface area contributed by atoms with Crippen molar-refractivity contribution >= 4 is 52.3 Å². The predicted octanol–water partition coefficient (Wildman–Crippen LogP) is 5.64. The van der Waals surface area contributed by atoms with E-state index >= 15 is 0 Å². The maximum absolute atomic E-state index is 13.9. The number of phenols is 1. The van der Waals surface area contributed by atoms with E-state index in [2.05, 4.69) is 0 Å². The quantitative estimate of drug-likeness (QED) is 0.298. The van der Waals surface area contributed by atoms with Crippen LogP contribution in [0.1, 0.15) is 36.8 Å². The van der Waals surface area contributed by atoms with Crippen molar-refractivity contribution in [1.82, 2.24) is 0 Å². The van der Waals surface area contributed by atoms with Crippen molar-refractivity contribution in [2.45, 2.75) is 32.6 Å². The topological polar surface area (TPSA) is 91.8 Å². The number of phenolic OH excluding ortho intramolecular Hbond substituents is 1. The summed E-state index contributed by atoms with van der Waals surface area (Å²) >= 11 is 12.9. The standard InChI is InChI=1S/C30H23Cl2NO5/c1-13-3-4-15(10-22(13)31)33-29(37)19-8-7-17-20(26(19)30(33)38)12-21-24(35)9-14(2)28(36)27(21)25(17)18-6-5-16(34)11-23(18)32/h3-7,9-11,19-20,25-26,34H,8,12H2,1-2H3/t19-,20+,25+,26-/m0/s1. The van der Waals surface area contributed by atoms with Gasteiger partial charge in [0.1, 0.15) is 5.75 Å². The normalized spacial score (nSPS) is 26.7. The summed E-state index contributed by atoms with van der Waals surface area (Å²) in [5, 5.41) is 10.7. The summed E-state index contributed by atoms with van der Waals surface area (Å²) < 4.78 is 0. The number of carbonyl (C=O) groups is 4. The van der Waals surface area contributed by atoms with E-state index in [-0.39, 0.29) is 40.6 Å². The molecule has 0 saturated carbocycles. The van der Waals surface area contributed by atoms with E-state index in [9.17, 15) is 24.3 Å². The second kappa shape index (κ2) is 8.79. The van der Waals surface area contributed by atoms with E-state index in [4.69, 9.17) is 23.2 Å². The number of hydrogen-bond donors (Lipinski definition) is 1. The number of halogens is 2. The van der Waals surface area contributed by atoms with E-state index in [0.29, 0.717) is 39.4 Å². The molecule has 4 atom stereocenters. The third kappa shape index (κ3) is 3.54. The van der Waals surface area contributed by atoms with Crippen LogP contribution in [0.4, 0.5) is 5.69 Å². The zero-order valence-corrected chi connectivity index (χ0v) is 22.1. The lowest BCUT2D eigenvalue weighted by molar-refractivity contribution is -0.123. The molecule has 1 heterocycles. The summed E-state index contributed by atoms with van der Waals surface area (Å²) in [4.78, 5) is 55.3. The number of nitrogens with zero attached hydrogens (tertiary/aromatic N) is 1. The molecule has 38 heavy (non-hydrogen) atoms. The van der Waals surface area contributed by atoms with Gasteiger partial charge in [-0.25, -0.2) is 4.90 Å². The number of ketones is 2. The monoisotopic (exact) mass is 547 g/mol. The van der Waals surface area contributed by atoms with Gasteiger partial charge in [-0.1, -0.05) is 47.0 Å². The molecular weight excluding hydrogens is 525 g/mol. The number of benzene rings is 2. The average Bonchev–Trinajstić information content (AvgIpc) is 3.13. The molecule has 2 amide bonds. The number of hydrogen-bond acceptors (Lipinski definition) is 5. The molecule has 192 valence electrons. The van der Waals surface area contributed by atoms with Gasteiger partial charge in [-0.05, 0) is 74.1 Å². The Balaban J connectivity index is 1.49. The summed E-state index contributed by atoms with van der Waals surface area (Å²) in [6.07, 6.45) is 3.78. The smallest absolute Gasteiger partial charge is 0.238 e. The van der Waals surface area contributed by atoms with Crippen molar-refractivity contribution in [2.24, 2.45) is 17.8 Å². The number of fused-ring (bicyclic) bond motifs is 3. The Morgan fingerprint density at radius 2 is 1.68 bits per heavy atom. The fourth-order valence-electron chi connectivity index (χ4n) is 6.44. The molecule has 0 spiro atoms. The van der Waals surface area contributed by atoms with Gasteiger partial charge >= 0.3 is 0 Å². The van der Waals surface area contributed by atoms with Gasteiger partial charge in [-0.15, -0.1) is 0 Å². The molecule has 2 aromatic carbocycles. The lowest BCUT2D eigenvalue weighted by Crippen LogP contribution is -2.39. The van der Waals surface area contributed by atoms with Gasteiger partial charge in [-0.2, -0.15) is 0 Å². The highest BCUT2D eigenvalue weighted by atomic mass is 35.5. The van der Waals surface area contributed by atoms with Crippen LogP contribution in [0.2, 0.25) is 10.0 Å². The van der Waals surface area contributed by atoms with Gasteiger partial charge in [0.2, 0.25) is 11.8 Å². The number of rotatable bonds is 2. The first-order valence-electron chi connectivity index (χ1n) is 12.4. The van der Waals surface area contributed by atoms with E-state index in [1.165, 1.54) is 23.1 Å². The van der Waals surface area contributed by atoms with Crippen LogP contribution in [-0.2, 0) is 19.2 Å². The Morgan fingerprint density at radius 1 is 0.921 bits per heavy atom. The molecular formula is C30H23Cl2NO5. The highest BCUT2D eigenvalue weighted by Crippen LogP contribution is 2.56. The minimum absolute atomic E-state index is 0.0240. The first-order chi connectivity index (χ1) is 18.1. The zero-order chi connectivity index (χ0) is 27.0. The van der Waals surface area contributed by atoms with E-state index in [1.807, 2.05) is 13.0 Å². The molecule has 1 aliphatic heterocycles. The summed E-state index contributed by atoms with van der Waals surface area (Å²) in [5.74, 6) is -3.56. The van der Waals surface area contributed by atoms with Crippen molar-refractivity contribution in [2.75, 3.05) is 4.90 Å². The molecule has 8 heteroatoms. The number of aryl methyl sites for hydroxylation is 1. The van der Waals surface area contributed by atoms with Crippen molar-refractivity contribution in [1.29, 1.82) is 0 Å². The zero-order valence-electron chi connectivity index (χ0n) is 20.6. The Bertz CT molecular complexity index is 1580. The van der Waals surface area contributed by atoms with Crippen LogP contribution in [0.5, 0.6) is 5.75 Å². The van der Waals surface area contributed by atoms with Crippen molar-refractivity contribution in [3.63, 3.8) is 0 Å². The van der Waals surface area contributed by atoms with E-state index in [1.54, 1.807) is 31.2 Å². The van der Waals surface area contributed by atoms with Gasteiger partial charge in [0, 0.05) is 32.7 Å². The number of allylic oxidation sites excluding steroid dienone is 6. The van der Waals surface area contributed by atoms with Gasteiger partial charge in [0.05, 0.1) is 17.5 Å². The summed E-state index contributed by atoms with van der Waals surface area (Å²) in [6.45, 7) is 3.46. The molecule has 0 bridgehead atoms. The van der Waals surface area contributed by atoms with Gasteiger partial charge < -0.3 is 5.11 Å². The lowest BCUT2D eigenvalue weighted by Gasteiger charge is -2.42. The highest BCUT2D eigenvalue weighted by molar-refractivity contribution is 6.33. The maximum Gasteiger partial charge on any atom is 0.238 e. The first-order valence-corrected chi connectivity index (χ1v) is 13.2. The molecule has 2 aromatic rings. The maximum atomic E-state index is 13.9. The number of imide groups is 1. The molecule has 3 aliphatic carbocycles. The Labute approximate surface area is 229 Å². The van der Waals surface area contributed by atoms with Gasteiger partial charge in [0.15, 0.2) is 11.6 Å². The fourth-order valence-corrected chi connectivity index (χ4v) is 6.90. The van der Waals surface area contributed by atoms with Crippen LogP contribution >= 0.6 is 23.2 Å². The van der Waals surface area contributed by atoms with Crippen LogP contribution in [0, 0.1) is 24.7 Å². The van der Waals surface area contributed by atoms with Crippen molar-refractivity contribution in [3.05, 3.63) is 92.0 Å². The molecule has 1 N–H and O–H groups in total. The Kier molecular flexibility index (Phi) is 5.74. The molecule has 4 aliphatic rings. The lowest BCUT2D eigenvalue weighted by atomic mass is 9.59. The van der Waals surface area contributed by atoms with Crippen LogP contribution in [0.15, 0.2) is 70.8 Å². The number of Topliss-reactive ketones (excluding diaryl/α,β-unsaturated/α-hetero) is 1. The van der Waals surface area contributed by atoms with E-state index < -0.39 is 23.7 Å². The minimum atomic E-state index is -0.690. The van der Waals surface area contributed by atoms with Crippen LogP contribution in [0.25, 0.3) is 0 Å². The van der Waals surface area contributed by atoms with Crippen molar-refractivity contribution < 1.29 is 24.3 Å². The molecule has 6 nitrogen and oxygen atoms in total. The second-order valence-corrected chi connectivity index (χ2v) is 11.2. The number of amides is 2. The molecule has 6 rings (SSSR count). The predicted molar refractivity (Wildman–Crippen MR) is 143 cm³/mol. The molecule has 1 saturated heterocycles. The molecule has 1 fully saturated rings. The van der Waals surface area contributed by atoms with Gasteiger partial charge in [-0.3, -0.25) is 19.2 Å². The number of carbonyl (C=O) groups excluding carboxylic acids is 4. The SMILES string of the molecule is CC1=CC(=O)C2=C(C1=O)[C@@H](c1ccc(O)cc1Cl)C1=CC[C@@H]3C(=O)N(c4ccc(C)c(Cl)c4)C(=O)[C@@H]3[C@@H]1C2. The Morgan fingerprint density at radius 3 is 2.39 bits per heavy atom. The third-order valence-corrected chi connectivity index (χ3v) is 9.01. The summed E-state index contributed by atoms with van der Waals surface area (Å²) in [5.41, 5.74) is 3.69. The van der Waals surface area contributed by atoms with Crippen LogP contribution in [-0.4, -0.2) is 28.5 Å². The fraction of sp³-hybridized carbons (Fsp3) is 0.267. The average molecular weight is 548 g/mol. The third-order valence-electron chi connectivity index (χ3n) is 8.27. The minimum Gasteiger partial charge on any atom is -0.508 e. The van der Waals surface area contributed by atoms with E-state index in [0.717, 1.165) is 11.1 Å². The van der Waals surface area contributed by atoms with Crippen LogP contribution in [0.3, 0.4) is 0 Å². The second-order valence-electron chi connectivity index (χ2n) is 10.4. The largest absolute Gasteiger partial charge is 0.508 e. The Hall–Kier alpha value is -3.48. The molecule has 0 radical (unpaired) electrons. The van der Waals surface area contributed by atoms with Crippen molar-refractivity contribution in [3.8, 4) is 5.75 Å². The summed E-state index contributed by atoms with van der Waals surface area (Å²) in [6, 6.07) is 9.64. The molecule has 0 unspecified atom stereocenters. The summed E-state index contributed by atoms with van der Waals surface area (Å²) in [7, 11) is 0. The first kappa shape index (κ1) is 24.8. The molecule has 0 aromatic heterocycles.